The van der Waals surface area contributed by atoms with E-state index >= 15 is 0 Å². The monoisotopic (exact) mass is 297 g/mol. The van der Waals surface area contributed by atoms with Crippen LogP contribution in [0.1, 0.15) is 38.3 Å². The lowest BCUT2D eigenvalue weighted by molar-refractivity contribution is 0.536. The van der Waals surface area contributed by atoms with Gasteiger partial charge in [0, 0.05) is 16.9 Å². The molecule has 1 nitrogen and oxygen atoms in total. The SMILES string of the molecule is CC#CCC(NCCC)c1cc(F)cc(Br)c1. The first-order valence-corrected chi connectivity index (χ1v) is 6.55. The Balaban J connectivity index is 2.88. The molecule has 0 aliphatic carbocycles. The zero-order chi connectivity index (χ0) is 12.7. The van der Waals surface area contributed by atoms with Crippen LogP contribution in [0.4, 0.5) is 4.39 Å². The molecule has 1 aromatic carbocycles. The largest absolute Gasteiger partial charge is 0.309 e. The average Bonchev–Trinajstić information content (AvgIpc) is 2.28. The van der Waals surface area contributed by atoms with Crippen molar-refractivity contribution >= 4 is 15.9 Å². The van der Waals surface area contributed by atoms with Crippen molar-refractivity contribution in [3.63, 3.8) is 0 Å². The van der Waals surface area contributed by atoms with E-state index in [1.807, 2.05) is 13.0 Å². The van der Waals surface area contributed by atoms with Gasteiger partial charge in [0.2, 0.25) is 0 Å². The Morgan fingerprint density at radius 1 is 1.41 bits per heavy atom. The topological polar surface area (TPSA) is 12.0 Å². The highest BCUT2D eigenvalue weighted by atomic mass is 79.9. The summed E-state index contributed by atoms with van der Waals surface area (Å²) in [4.78, 5) is 0. The molecule has 0 aromatic heterocycles. The molecule has 0 saturated heterocycles. The van der Waals surface area contributed by atoms with Gasteiger partial charge in [-0.25, -0.2) is 4.39 Å². The van der Waals surface area contributed by atoms with Crippen molar-refractivity contribution < 1.29 is 4.39 Å². The van der Waals surface area contributed by atoms with Gasteiger partial charge in [0.25, 0.3) is 0 Å². The van der Waals surface area contributed by atoms with E-state index in [0.717, 1.165) is 23.0 Å². The maximum atomic E-state index is 13.3. The van der Waals surface area contributed by atoms with Gasteiger partial charge >= 0.3 is 0 Å². The van der Waals surface area contributed by atoms with Crippen LogP contribution in [-0.4, -0.2) is 6.54 Å². The van der Waals surface area contributed by atoms with Gasteiger partial charge in [-0.1, -0.05) is 22.9 Å². The minimum atomic E-state index is -0.220. The van der Waals surface area contributed by atoms with Crippen molar-refractivity contribution in [2.45, 2.75) is 32.7 Å². The Kier molecular flexibility index (Phi) is 6.25. The predicted octanol–water partition coefficient (Wildman–Crippen LogP) is 4.04. The van der Waals surface area contributed by atoms with Crippen molar-refractivity contribution in [2.24, 2.45) is 0 Å². The summed E-state index contributed by atoms with van der Waals surface area (Å²) in [6, 6.07) is 5.06. The van der Waals surface area contributed by atoms with Crippen LogP contribution >= 0.6 is 15.9 Å². The number of hydrogen-bond acceptors (Lipinski definition) is 1. The zero-order valence-corrected chi connectivity index (χ0v) is 11.8. The number of halogens is 2. The van der Waals surface area contributed by atoms with Crippen LogP contribution in [0.15, 0.2) is 22.7 Å². The Morgan fingerprint density at radius 3 is 2.76 bits per heavy atom. The second-order valence-corrected chi connectivity index (χ2v) is 4.76. The summed E-state index contributed by atoms with van der Waals surface area (Å²) in [5, 5.41) is 3.38. The van der Waals surface area contributed by atoms with E-state index in [1.54, 1.807) is 6.07 Å². The maximum Gasteiger partial charge on any atom is 0.124 e. The third kappa shape index (κ3) is 4.89. The van der Waals surface area contributed by atoms with Crippen molar-refractivity contribution in [2.75, 3.05) is 6.54 Å². The van der Waals surface area contributed by atoms with Crippen LogP contribution in [0.3, 0.4) is 0 Å². The Hall–Kier alpha value is -0.850. The van der Waals surface area contributed by atoms with Gasteiger partial charge in [0.15, 0.2) is 0 Å². The number of nitrogens with one attached hydrogen (secondary N) is 1. The molecule has 0 radical (unpaired) electrons. The van der Waals surface area contributed by atoms with Crippen LogP contribution < -0.4 is 5.32 Å². The zero-order valence-electron chi connectivity index (χ0n) is 10.2. The van der Waals surface area contributed by atoms with Crippen molar-refractivity contribution in [1.29, 1.82) is 0 Å². The lowest BCUT2D eigenvalue weighted by Crippen LogP contribution is -2.21. The molecular weight excluding hydrogens is 281 g/mol. The average molecular weight is 298 g/mol. The number of rotatable bonds is 5. The van der Waals surface area contributed by atoms with Crippen LogP contribution in [-0.2, 0) is 0 Å². The molecule has 0 bridgehead atoms. The molecule has 1 aromatic rings. The van der Waals surface area contributed by atoms with E-state index in [-0.39, 0.29) is 11.9 Å². The molecule has 0 aliphatic rings. The summed E-state index contributed by atoms with van der Waals surface area (Å²) in [7, 11) is 0. The molecule has 0 heterocycles. The molecule has 0 spiro atoms. The van der Waals surface area contributed by atoms with Crippen molar-refractivity contribution in [3.8, 4) is 11.8 Å². The van der Waals surface area contributed by atoms with Crippen LogP contribution in [0.2, 0.25) is 0 Å². The summed E-state index contributed by atoms with van der Waals surface area (Å²) >= 11 is 3.31. The highest BCUT2D eigenvalue weighted by Crippen LogP contribution is 2.22. The van der Waals surface area contributed by atoms with E-state index < -0.39 is 0 Å². The van der Waals surface area contributed by atoms with E-state index in [9.17, 15) is 4.39 Å². The summed E-state index contributed by atoms with van der Waals surface area (Å²) in [5.41, 5.74) is 0.938. The first-order chi connectivity index (χ1) is 8.17. The third-order valence-electron chi connectivity index (χ3n) is 2.41. The van der Waals surface area contributed by atoms with Gasteiger partial charge in [0.05, 0.1) is 0 Å². The fourth-order valence-corrected chi connectivity index (χ4v) is 2.09. The molecule has 1 rings (SSSR count). The first-order valence-electron chi connectivity index (χ1n) is 5.76. The van der Waals surface area contributed by atoms with Crippen LogP contribution in [0, 0.1) is 17.7 Å². The van der Waals surface area contributed by atoms with Crippen molar-refractivity contribution in [1.82, 2.24) is 5.32 Å². The van der Waals surface area contributed by atoms with Crippen molar-refractivity contribution in [3.05, 3.63) is 34.1 Å². The summed E-state index contributed by atoms with van der Waals surface area (Å²) < 4.78 is 14.1. The highest BCUT2D eigenvalue weighted by molar-refractivity contribution is 9.10. The standard InChI is InChI=1S/C14H17BrFN/c1-3-5-6-14(17-7-4-2)11-8-12(15)10-13(16)9-11/h8-10,14,17H,4,6-7H2,1-2H3. The van der Waals surface area contributed by atoms with Gasteiger partial charge in [-0.2, -0.15) is 0 Å². The van der Waals surface area contributed by atoms with E-state index in [4.69, 9.17) is 0 Å². The first kappa shape index (κ1) is 14.2. The minimum Gasteiger partial charge on any atom is -0.309 e. The van der Waals surface area contributed by atoms with E-state index in [1.165, 1.54) is 6.07 Å². The normalized spacial score (nSPS) is 11.8. The molecule has 1 unspecified atom stereocenters. The molecule has 0 amide bonds. The molecule has 1 atom stereocenters. The van der Waals surface area contributed by atoms with Gasteiger partial charge in [-0.3, -0.25) is 0 Å². The molecule has 1 N–H and O–H groups in total. The number of hydrogen-bond donors (Lipinski definition) is 1. The molecule has 92 valence electrons. The molecule has 17 heavy (non-hydrogen) atoms. The lowest BCUT2D eigenvalue weighted by atomic mass is 10.0. The lowest BCUT2D eigenvalue weighted by Gasteiger charge is -2.17. The van der Waals surface area contributed by atoms with Gasteiger partial charge in [-0.05, 0) is 43.7 Å². The maximum absolute atomic E-state index is 13.3. The molecule has 0 aliphatic heterocycles. The molecular formula is C14H17BrFN. The van der Waals surface area contributed by atoms with Gasteiger partial charge < -0.3 is 5.32 Å². The number of benzene rings is 1. The second kappa shape index (κ2) is 7.47. The third-order valence-corrected chi connectivity index (χ3v) is 2.87. The quantitative estimate of drug-likeness (QED) is 0.809. The van der Waals surface area contributed by atoms with Gasteiger partial charge in [0.1, 0.15) is 5.82 Å². The Bertz CT molecular complexity index is 400. The van der Waals surface area contributed by atoms with Crippen LogP contribution in [0.25, 0.3) is 0 Å². The highest BCUT2D eigenvalue weighted by Gasteiger charge is 2.11. The second-order valence-electron chi connectivity index (χ2n) is 3.84. The Labute approximate surface area is 111 Å². The Morgan fingerprint density at radius 2 is 2.18 bits per heavy atom. The minimum absolute atomic E-state index is 0.0920. The summed E-state index contributed by atoms with van der Waals surface area (Å²) in [6.07, 6.45) is 1.75. The predicted molar refractivity (Wildman–Crippen MR) is 73.2 cm³/mol. The van der Waals surface area contributed by atoms with E-state index in [0.29, 0.717) is 6.42 Å². The molecule has 3 heteroatoms. The van der Waals surface area contributed by atoms with E-state index in [2.05, 4.69) is 40.0 Å². The van der Waals surface area contributed by atoms with Crippen LogP contribution in [0.5, 0.6) is 0 Å². The molecule has 0 fully saturated rings. The summed E-state index contributed by atoms with van der Waals surface area (Å²) in [5.74, 6) is 5.70. The fourth-order valence-electron chi connectivity index (χ4n) is 1.61. The summed E-state index contributed by atoms with van der Waals surface area (Å²) in [6.45, 7) is 4.83. The van der Waals surface area contributed by atoms with Gasteiger partial charge in [-0.15, -0.1) is 11.8 Å². The molecule has 0 saturated carbocycles. The smallest absolute Gasteiger partial charge is 0.124 e. The fraction of sp³-hybridized carbons (Fsp3) is 0.429.